The van der Waals surface area contributed by atoms with Gasteiger partial charge in [0, 0.05) is 15.3 Å². The fourth-order valence-electron chi connectivity index (χ4n) is 1.70. The fourth-order valence-corrected chi connectivity index (χ4v) is 3.13. The number of hydrogen-bond donors (Lipinski definition) is 2. The lowest BCUT2D eigenvalue weighted by Crippen LogP contribution is -1.83. The minimum absolute atomic E-state index is 0.272. The molecule has 0 amide bonds. The van der Waals surface area contributed by atoms with E-state index in [2.05, 4.69) is 12.5 Å². The Bertz CT molecular complexity index is 508. The molecular formula is C12H13ClOS. The maximum atomic E-state index is 9.62. The number of rotatable bonds is 1. The van der Waals surface area contributed by atoms with Gasteiger partial charge in [-0.25, -0.2) is 10.9 Å². The number of benzene rings is 2. The molecule has 2 aromatic carbocycles. The average molecular weight is 241 g/mol. The van der Waals surface area contributed by atoms with Crippen LogP contribution in [0.4, 0.5) is 0 Å². The van der Waals surface area contributed by atoms with Gasteiger partial charge in [-0.1, -0.05) is 23.7 Å². The molecule has 0 aliphatic carbocycles. The molecule has 0 radical (unpaired) electrons. The molecule has 0 saturated carbocycles. The van der Waals surface area contributed by atoms with Crippen LogP contribution in [0.25, 0.3) is 10.8 Å². The van der Waals surface area contributed by atoms with Crippen molar-refractivity contribution in [1.82, 2.24) is 0 Å². The van der Waals surface area contributed by atoms with Gasteiger partial charge >= 0.3 is 0 Å². The monoisotopic (exact) mass is 240 g/mol. The molecule has 15 heavy (non-hydrogen) atoms. The zero-order chi connectivity index (χ0) is 11.0. The Morgan fingerprint density at radius 2 is 1.93 bits per heavy atom. The summed E-state index contributed by atoms with van der Waals surface area (Å²) in [6.07, 6.45) is 4.32. The topological polar surface area (TPSA) is 20.2 Å². The minimum Gasteiger partial charge on any atom is -0.508 e. The Labute approximate surface area is 97.0 Å². The predicted molar refractivity (Wildman–Crippen MR) is 69.7 cm³/mol. The molecule has 3 heteroatoms. The second-order valence-corrected chi connectivity index (χ2v) is 6.38. The number of halogens is 1. The van der Waals surface area contributed by atoms with Crippen molar-refractivity contribution in [2.24, 2.45) is 0 Å². The van der Waals surface area contributed by atoms with Gasteiger partial charge in [0.05, 0.1) is 0 Å². The van der Waals surface area contributed by atoms with E-state index < -0.39 is 0 Å². The van der Waals surface area contributed by atoms with Crippen LogP contribution in [0.15, 0.2) is 35.2 Å². The lowest BCUT2D eigenvalue weighted by Gasteiger charge is -2.14. The number of hydrogen-bond acceptors (Lipinski definition) is 1. The molecule has 0 aromatic heterocycles. The molecule has 0 aliphatic rings. The van der Waals surface area contributed by atoms with Crippen molar-refractivity contribution < 1.29 is 5.11 Å². The van der Waals surface area contributed by atoms with Gasteiger partial charge in [0.2, 0.25) is 0 Å². The van der Waals surface area contributed by atoms with Crippen LogP contribution >= 0.6 is 22.5 Å². The first-order valence-electron chi connectivity index (χ1n) is 4.68. The zero-order valence-corrected chi connectivity index (χ0v) is 10.3. The van der Waals surface area contributed by atoms with Crippen molar-refractivity contribution in [2.45, 2.75) is 4.90 Å². The number of phenolic OH excluding ortho intramolecular Hbond substituents is 1. The molecular weight excluding hydrogens is 228 g/mol. The molecule has 0 saturated heterocycles. The van der Waals surface area contributed by atoms with Gasteiger partial charge in [-0.05, 0) is 36.1 Å². The molecule has 1 N–H and O–H groups in total. The summed E-state index contributed by atoms with van der Waals surface area (Å²) in [5.74, 6) is 0.316. The number of thiol groups is 1. The van der Waals surface area contributed by atoms with Crippen LogP contribution in [0.1, 0.15) is 0 Å². The summed E-state index contributed by atoms with van der Waals surface area (Å²) < 4.78 is 0. The van der Waals surface area contributed by atoms with Crippen molar-refractivity contribution in [2.75, 3.05) is 12.5 Å². The van der Waals surface area contributed by atoms with Crippen LogP contribution in [0.3, 0.4) is 0 Å². The third kappa shape index (κ3) is 1.92. The van der Waals surface area contributed by atoms with Crippen molar-refractivity contribution in [3.05, 3.63) is 35.4 Å². The number of aromatic hydroxyl groups is 1. The largest absolute Gasteiger partial charge is 0.508 e. The second-order valence-electron chi connectivity index (χ2n) is 3.70. The Balaban J connectivity index is 2.88. The standard InChI is InChI=1S/C12H13ClOS/c1-15(2)11-7-9(14)6-8-4-3-5-10(13)12(8)11/h3-7,14-15H,1-2H3. The molecule has 0 aliphatic heterocycles. The Hall–Kier alpha value is -0.860. The quantitative estimate of drug-likeness (QED) is 0.727. The highest BCUT2D eigenvalue weighted by atomic mass is 35.5. The summed E-state index contributed by atoms with van der Waals surface area (Å²) in [5, 5.41) is 12.5. The molecule has 2 rings (SSSR count). The van der Waals surface area contributed by atoms with E-state index in [0.717, 1.165) is 20.7 Å². The predicted octanol–water partition coefficient (Wildman–Crippen LogP) is 3.82. The molecule has 0 atom stereocenters. The first kappa shape index (κ1) is 10.7. The van der Waals surface area contributed by atoms with Crippen molar-refractivity contribution in [3.63, 3.8) is 0 Å². The van der Waals surface area contributed by atoms with Gasteiger partial charge in [-0.15, -0.1) is 0 Å². The molecule has 2 aromatic rings. The second kappa shape index (κ2) is 3.95. The van der Waals surface area contributed by atoms with Crippen LogP contribution < -0.4 is 0 Å². The highest BCUT2D eigenvalue weighted by Crippen LogP contribution is 2.40. The minimum atomic E-state index is -0.272. The van der Waals surface area contributed by atoms with E-state index in [4.69, 9.17) is 11.6 Å². The van der Waals surface area contributed by atoms with Crippen LogP contribution in [0.5, 0.6) is 5.75 Å². The lowest BCUT2D eigenvalue weighted by atomic mass is 10.1. The summed E-state index contributed by atoms with van der Waals surface area (Å²) in [6, 6.07) is 9.34. The Kier molecular flexibility index (Phi) is 2.81. The van der Waals surface area contributed by atoms with E-state index in [-0.39, 0.29) is 10.9 Å². The van der Waals surface area contributed by atoms with E-state index in [1.54, 1.807) is 6.07 Å². The van der Waals surface area contributed by atoms with Crippen molar-refractivity contribution in [3.8, 4) is 5.75 Å². The Morgan fingerprint density at radius 3 is 2.60 bits per heavy atom. The number of fused-ring (bicyclic) bond motifs is 1. The third-order valence-corrected chi connectivity index (χ3v) is 4.00. The summed E-state index contributed by atoms with van der Waals surface area (Å²) in [4.78, 5) is 1.16. The smallest absolute Gasteiger partial charge is 0.117 e. The highest BCUT2D eigenvalue weighted by molar-refractivity contribution is 8.16. The van der Waals surface area contributed by atoms with Gasteiger partial charge in [0.25, 0.3) is 0 Å². The van der Waals surface area contributed by atoms with Crippen molar-refractivity contribution in [1.29, 1.82) is 0 Å². The van der Waals surface area contributed by atoms with Crippen LogP contribution in [-0.2, 0) is 0 Å². The van der Waals surface area contributed by atoms with Gasteiger partial charge in [0.15, 0.2) is 0 Å². The molecule has 0 fully saturated rings. The maximum absolute atomic E-state index is 9.62. The molecule has 1 nitrogen and oxygen atoms in total. The molecule has 0 unspecified atom stereocenters. The molecule has 0 bridgehead atoms. The SMILES string of the molecule is C[SH](C)c1cc(O)cc2cccc(Cl)c12. The van der Waals surface area contributed by atoms with E-state index >= 15 is 0 Å². The van der Waals surface area contributed by atoms with Crippen molar-refractivity contribution >= 4 is 33.3 Å². The van der Waals surface area contributed by atoms with Crippen LogP contribution in [-0.4, -0.2) is 17.6 Å². The highest BCUT2D eigenvalue weighted by Gasteiger charge is 2.08. The fraction of sp³-hybridized carbons (Fsp3) is 0.167. The summed E-state index contributed by atoms with van der Waals surface area (Å²) in [6.45, 7) is 0. The van der Waals surface area contributed by atoms with E-state index in [1.165, 1.54) is 0 Å². The molecule has 0 spiro atoms. The van der Waals surface area contributed by atoms with Gasteiger partial charge in [0.1, 0.15) is 5.75 Å². The van der Waals surface area contributed by atoms with Crippen LogP contribution in [0, 0.1) is 0 Å². The molecule has 80 valence electrons. The number of phenols is 1. The third-order valence-electron chi connectivity index (χ3n) is 2.37. The van der Waals surface area contributed by atoms with E-state index in [1.807, 2.05) is 24.3 Å². The van der Waals surface area contributed by atoms with Gasteiger partial charge < -0.3 is 5.11 Å². The normalized spacial score (nSPS) is 11.8. The summed E-state index contributed by atoms with van der Waals surface area (Å²) in [5.41, 5.74) is 0. The molecule has 0 heterocycles. The lowest BCUT2D eigenvalue weighted by molar-refractivity contribution is 0.475. The zero-order valence-electron chi connectivity index (χ0n) is 8.66. The average Bonchev–Trinajstić information content (AvgIpc) is 2.16. The van der Waals surface area contributed by atoms with E-state index in [9.17, 15) is 5.11 Å². The summed E-state index contributed by atoms with van der Waals surface area (Å²) in [7, 11) is -0.272. The van der Waals surface area contributed by atoms with Crippen LogP contribution in [0.2, 0.25) is 5.02 Å². The summed E-state index contributed by atoms with van der Waals surface area (Å²) >= 11 is 6.19. The van der Waals surface area contributed by atoms with E-state index in [0.29, 0.717) is 5.75 Å². The maximum Gasteiger partial charge on any atom is 0.117 e. The Morgan fingerprint density at radius 1 is 1.20 bits per heavy atom. The van der Waals surface area contributed by atoms with Gasteiger partial charge in [-0.3, -0.25) is 0 Å². The first-order valence-corrected chi connectivity index (χ1v) is 7.29. The van der Waals surface area contributed by atoms with Gasteiger partial charge in [-0.2, -0.15) is 0 Å². The first-order chi connectivity index (χ1) is 7.09.